The number of anilines is 1. The van der Waals surface area contributed by atoms with Crippen LogP contribution in [-0.4, -0.2) is 33.2 Å². The van der Waals surface area contributed by atoms with Gasteiger partial charge in [-0.15, -0.1) is 0 Å². The summed E-state index contributed by atoms with van der Waals surface area (Å²) in [5.41, 5.74) is 0.0630. The van der Waals surface area contributed by atoms with Crippen molar-refractivity contribution in [1.82, 2.24) is 0 Å². The summed E-state index contributed by atoms with van der Waals surface area (Å²) in [4.78, 5) is 22.4. The molecule has 3 N–H and O–H groups in total. The van der Waals surface area contributed by atoms with E-state index in [0.29, 0.717) is 5.69 Å². The smallest absolute Gasteiger partial charge is 0.271 e. The zero-order chi connectivity index (χ0) is 18.4. The lowest BCUT2D eigenvalue weighted by atomic mass is 10.2. The van der Waals surface area contributed by atoms with E-state index < -0.39 is 23.0 Å². The Balaban J connectivity index is 2.21. The molecule has 2 rings (SSSR count). The molecule has 1 amide bonds. The Labute approximate surface area is 142 Å². The number of para-hydroxylation sites is 1. The number of amides is 1. The highest BCUT2D eigenvalue weighted by Gasteiger charge is 2.24. The van der Waals surface area contributed by atoms with Gasteiger partial charge in [0, 0.05) is 17.8 Å². The molecule has 130 valence electrons. The minimum Gasteiger partial charge on any atom is -0.506 e. The maximum Gasteiger partial charge on any atom is 0.271 e. The second-order valence-corrected chi connectivity index (χ2v) is 5.19. The number of benzene rings is 2. The minimum atomic E-state index is -1.25. The second kappa shape index (κ2) is 7.97. The number of carbonyl (C=O) groups is 1. The zero-order valence-electron chi connectivity index (χ0n) is 13.2. The number of phenols is 1. The number of nitrogens with one attached hydrogen (secondary N) is 1. The Hall–Kier alpha value is -3.33. The number of aromatic hydroxyl groups is 1. The van der Waals surface area contributed by atoms with E-state index in [9.17, 15) is 25.1 Å². The molecular formula is C16H16N4O5. The van der Waals surface area contributed by atoms with Crippen molar-refractivity contribution in [3.05, 3.63) is 58.6 Å². The first-order valence-electron chi connectivity index (χ1n) is 7.30. The van der Waals surface area contributed by atoms with E-state index in [4.69, 9.17) is 0 Å². The largest absolute Gasteiger partial charge is 0.506 e. The molecular weight excluding hydrogens is 328 g/mol. The molecule has 9 heteroatoms. The summed E-state index contributed by atoms with van der Waals surface area (Å²) in [6, 6.07) is 10.6. The normalized spacial score (nSPS) is 13.4. The van der Waals surface area contributed by atoms with Crippen LogP contribution < -0.4 is 5.32 Å². The summed E-state index contributed by atoms with van der Waals surface area (Å²) in [7, 11) is 0. The molecule has 0 bridgehead atoms. The van der Waals surface area contributed by atoms with Gasteiger partial charge in [-0.05, 0) is 25.1 Å². The number of phenolic OH excluding ortho intramolecular Hbond substituents is 1. The van der Waals surface area contributed by atoms with Crippen LogP contribution in [0.5, 0.6) is 5.75 Å². The molecule has 9 nitrogen and oxygen atoms in total. The van der Waals surface area contributed by atoms with Gasteiger partial charge in [0.25, 0.3) is 11.6 Å². The van der Waals surface area contributed by atoms with Gasteiger partial charge in [0.2, 0.25) is 0 Å². The number of hydrogen-bond acceptors (Lipinski definition) is 7. The highest BCUT2D eigenvalue weighted by Crippen LogP contribution is 2.31. The quantitative estimate of drug-likeness (QED) is 0.420. The van der Waals surface area contributed by atoms with Crippen molar-refractivity contribution in [3.63, 3.8) is 0 Å². The van der Waals surface area contributed by atoms with Gasteiger partial charge < -0.3 is 15.5 Å². The first-order chi connectivity index (χ1) is 11.9. The molecule has 0 saturated carbocycles. The molecule has 0 aliphatic carbocycles. The molecule has 2 aromatic rings. The van der Waals surface area contributed by atoms with Crippen molar-refractivity contribution in [1.29, 1.82) is 0 Å². The fraction of sp³-hybridized carbons (Fsp3) is 0.188. The van der Waals surface area contributed by atoms with Crippen LogP contribution in [0.1, 0.15) is 6.92 Å². The van der Waals surface area contributed by atoms with Crippen LogP contribution >= 0.6 is 0 Å². The average molecular weight is 344 g/mol. The molecule has 0 spiro atoms. The monoisotopic (exact) mass is 344 g/mol. The number of rotatable bonds is 6. The van der Waals surface area contributed by atoms with Crippen LogP contribution in [-0.2, 0) is 4.79 Å². The predicted molar refractivity (Wildman–Crippen MR) is 89.8 cm³/mol. The molecule has 2 unspecified atom stereocenters. The Bertz CT molecular complexity index is 792. The van der Waals surface area contributed by atoms with Gasteiger partial charge in [-0.2, -0.15) is 10.2 Å². The molecule has 0 radical (unpaired) electrons. The van der Waals surface area contributed by atoms with Crippen molar-refractivity contribution in [2.24, 2.45) is 10.2 Å². The van der Waals surface area contributed by atoms with Crippen molar-refractivity contribution < 1.29 is 19.9 Å². The number of carbonyl (C=O) groups excluding carboxylic acids is 1. The van der Waals surface area contributed by atoms with E-state index in [2.05, 4.69) is 15.5 Å². The molecule has 0 fully saturated rings. The van der Waals surface area contributed by atoms with Crippen LogP contribution in [0, 0.1) is 10.1 Å². The molecule has 0 saturated heterocycles. The number of aliphatic hydroxyl groups excluding tert-OH is 1. The molecule has 0 aromatic heterocycles. The van der Waals surface area contributed by atoms with E-state index in [1.807, 2.05) is 0 Å². The number of nitrogens with zero attached hydrogens (tertiary/aromatic N) is 3. The SMILES string of the molecule is CC(O)C(N=Nc1cc([N+](=O)[O-])ccc1O)C(=O)Nc1ccccc1. The summed E-state index contributed by atoms with van der Waals surface area (Å²) < 4.78 is 0. The average Bonchev–Trinajstić information content (AvgIpc) is 2.57. The van der Waals surface area contributed by atoms with Gasteiger partial charge in [0.1, 0.15) is 11.4 Å². The topological polar surface area (TPSA) is 137 Å². The number of non-ortho nitro benzene ring substituents is 1. The maximum atomic E-state index is 12.2. The number of aliphatic hydroxyl groups is 1. The third-order valence-electron chi connectivity index (χ3n) is 3.23. The predicted octanol–water partition coefficient (Wildman–Crippen LogP) is 2.77. The third-order valence-corrected chi connectivity index (χ3v) is 3.23. The standard InChI is InChI=1S/C16H16N4O5/c1-10(21)15(16(23)17-11-5-3-2-4-6-11)19-18-13-9-12(20(24)25)7-8-14(13)22/h2-10,15,21-22H,1H3,(H,17,23). The molecule has 2 atom stereocenters. The molecule has 0 aliphatic heterocycles. The van der Waals surface area contributed by atoms with E-state index in [0.717, 1.165) is 18.2 Å². The van der Waals surface area contributed by atoms with Gasteiger partial charge >= 0.3 is 0 Å². The first kappa shape index (κ1) is 18.0. The van der Waals surface area contributed by atoms with Crippen LogP contribution in [0.4, 0.5) is 17.1 Å². The van der Waals surface area contributed by atoms with Crippen molar-refractivity contribution in [3.8, 4) is 5.75 Å². The number of nitro benzene ring substituents is 1. The van der Waals surface area contributed by atoms with E-state index in [1.165, 1.54) is 6.92 Å². The lowest BCUT2D eigenvalue weighted by molar-refractivity contribution is -0.384. The Morgan fingerprint density at radius 1 is 1.24 bits per heavy atom. The highest BCUT2D eigenvalue weighted by molar-refractivity contribution is 5.95. The van der Waals surface area contributed by atoms with Crippen LogP contribution in [0.2, 0.25) is 0 Å². The molecule has 0 heterocycles. The number of azo groups is 1. The Kier molecular flexibility index (Phi) is 5.75. The van der Waals surface area contributed by atoms with Crippen LogP contribution in [0.25, 0.3) is 0 Å². The van der Waals surface area contributed by atoms with Gasteiger partial charge in [-0.1, -0.05) is 18.2 Å². The van der Waals surface area contributed by atoms with Gasteiger partial charge in [0.15, 0.2) is 6.04 Å². The summed E-state index contributed by atoms with van der Waals surface area (Å²) in [6.07, 6.45) is -1.16. The van der Waals surface area contributed by atoms with Gasteiger partial charge in [0.05, 0.1) is 11.0 Å². The van der Waals surface area contributed by atoms with Crippen molar-refractivity contribution in [2.45, 2.75) is 19.1 Å². The Morgan fingerprint density at radius 3 is 2.52 bits per heavy atom. The number of hydrogen-bond donors (Lipinski definition) is 3. The summed E-state index contributed by atoms with van der Waals surface area (Å²) in [5, 5.41) is 40.2. The first-order valence-corrected chi connectivity index (χ1v) is 7.30. The zero-order valence-corrected chi connectivity index (χ0v) is 13.2. The van der Waals surface area contributed by atoms with E-state index in [1.54, 1.807) is 30.3 Å². The minimum absolute atomic E-state index is 0.174. The van der Waals surface area contributed by atoms with Crippen molar-refractivity contribution >= 4 is 23.0 Å². The Morgan fingerprint density at radius 2 is 1.92 bits per heavy atom. The van der Waals surface area contributed by atoms with Crippen molar-refractivity contribution in [2.75, 3.05) is 5.32 Å². The molecule has 2 aromatic carbocycles. The maximum absolute atomic E-state index is 12.2. The fourth-order valence-corrected chi connectivity index (χ4v) is 1.94. The number of nitro groups is 1. The molecule has 0 aliphatic rings. The van der Waals surface area contributed by atoms with Gasteiger partial charge in [-0.25, -0.2) is 0 Å². The van der Waals surface area contributed by atoms with E-state index >= 15 is 0 Å². The second-order valence-electron chi connectivity index (χ2n) is 5.19. The summed E-state index contributed by atoms with van der Waals surface area (Å²) in [6.45, 7) is 1.36. The highest BCUT2D eigenvalue weighted by atomic mass is 16.6. The lowest BCUT2D eigenvalue weighted by Crippen LogP contribution is -2.34. The van der Waals surface area contributed by atoms with Gasteiger partial charge in [-0.3, -0.25) is 14.9 Å². The fourth-order valence-electron chi connectivity index (χ4n) is 1.94. The van der Waals surface area contributed by atoms with Crippen LogP contribution in [0.15, 0.2) is 58.8 Å². The van der Waals surface area contributed by atoms with Crippen LogP contribution in [0.3, 0.4) is 0 Å². The van der Waals surface area contributed by atoms with E-state index in [-0.39, 0.29) is 17.1 Å². The lowest BCUT2D eigenvalue weighted by Gasteiger charge is -2.14. The summed E-state index contributed by atoms with van der Waals surface area (Å²) >= 11 is 0. The third kappa shape index (κ3) is 4.82. The molecule has 25 heavy (non-hydrogen) atoms. The summed E-state index contributed by atoms with van der Waals surface area (Å²) in [5.74, 6) is -0.933.